The maximum absolute atomic E-state index is 12.3. The van der Waals surface area contributed by atoms with Crippen LogP contribution < -0.4 is 4.72 Å². The molecule has 0 amide bonds. The van der Waals surface area contributed by atoms with Gasteiger partial charge in [-0.15, -0.1) is 0 Å². The zero-order valence-electron chi connectivity index (χ0n) is 15.3. The van der Waals surface area contributed by atoms with Gasteiger partial charge in [0.1, 0.15) is 0 Å². The average Bonchev–Trinajstić information content (AvgIpc) is 2.64. The van der Waals surface area contributed by atoms with Crippen molar-refractivity contribution in [1.29, 1.82) is 0 Å². The van der Waals surface area contributed by atoms with Crippen molar-refractivity contribution in [2.45, 2.75) is 29.2 Å². The average molecular weight is 409 g/mol. The molecule has 0 radical (unpaired) electrons. The molecule has 3 rings (SSSR count). The number of benzene rings is 2. The second-order valence-corrected chi connectivity index (χ2v) is 10.6. The van der Waals surface area contributed by atoms with Gasteiger partial charge in [0.15, 0.2) is 9.84 Å². The van der Waals surface area contributed by atoms with Crippen LogP contribution in [0.2, 0.25) is 0 Å². The van der Waals surface area contributed by atoms with Gasteiger partial charge in [-0.3, -0.25) is 4.90 Å². The molecule has 146 valence electrons. The number of hydrogen-bond donors (Lipinski definition) is 1. The van der Waals surface area contributed by atoms with E-state index >= 15 is 0 Å². The monoisotopic (exact) mass is 408 g/mol. The van der Waals surface area contributed by atoms with Crippen molar-refractivity contribution in [3.63, 3.8) is 0 Å². The van der Waals surface area contributed by atoms with Crippen molar-refractivity contribution in [3.05, 3.63) is 59.7 Å². The number of hydrogen-bond acceptors (Lipinski definition) is 5. The molecule has 8 heteroatoms. The normalized spacial score (nSPS) is 15.4. The van der Waals surface area contributed by atoms with Gasteiger partial charge >= 0.3 is 0 Å². The molecule has 2 aromatic rings. The molecule has 27 heavy (non-hydrogen) atoms. The molecule has 0 aromatic heterocycles. The lowest BCUT2D eigenvalue weighted by molar-refractivity contribution is 0.251. The Labute approximate surface area is 161 Å². The quantitative estimate of drug-likeness (QED) is 0.707. The molecule has 0 saturated carbocycles. The van der Waals surface area contributed by atoms with Gasteiger partial charge in [0.2, 0.25) is 10.0 Å². The summed E-state index contributed by atoms with van der Waals surface area (Å²) in [5.74, 6) is 0. The highest BCUT2D eigenvalue weighted by Gasteiger charge is 2.17. The van der Waals surface area contributed by atoms with E-state index in [-0.39, 0.29) is 9.79 Å². The molecule has 1 heterocycles. The highest BCUT2D eigenvalue weighted by Crippen LogP contribution is 2.18. The topological polar surface area (TPSA) is 83.5 Å². The molecular formula is C19H24N2O4S2. The zero-order valence-corrected chi connectivity index (χ0v) is 16.9. The van der Waals surface area contributed by atoms with E-state index in [2.05, 4.69) is 27.8 Å². The van der Waals surface area contributed by atoms with Crippen LogP contribution in [0.4, 0.5) is 0 Å². The Morgan fingerprint density at radius 1 is 0.926 bits per heavy atom. The molecular weight excluding hydrogens is 384 g/mol. The van der Waals surface area contributed by atoms with E-state index in [0.717, 1.165) is 32.3 Å². The molecule has 1 aliphatic rings. The summed E-state index contributed by atoms with van der Waals surface area (Å²) in [6, 6.07) is 13.7. The SMILES string of the molecule is CS(=O)(=O)c1ccc(S(=O)(=O)NCCCN2CCc3ccccc3C2)cc1. The fraction of sp³-hybridized carbons (Fsp3) is 0.368. The third-order valence-corrected chi connectivity index (χ3v) is 7.32. The van der Waals surface area contributed by atoms with Gasteiger partial charge in [-0.05, 0) is 54.8 Å². The van der Waals surface area contributed by atoms with Crippen LogP contribution in [0.5, 0.6) is 0 Å². The standard InChI is InChI=1S/C19H24N2O4S2/c1-26(22,23)18-7-9-19(10-8-18)27(24,25)20-12-4-13-21-14-11-16-5-2-3-6-17(16)15-21/h2-3,5-10,20H,4,11-15H2,1H3. The molecule has 2 aromatic carbocycles. The van der Waals surface area contributed by atoms with E-state index in [4.69, 9.17) is 0 Å². The summed E-state index contributed by atoms with van der Waals surface area (Å²) in [4.78, 5) is 2.51. The van der Waals surface area contributed by atoms with Gasteiger partial charge in [-0.25, -0.2) is 21.6 Å². The molecule has 0 unspecified atom stereocenters. The number of nitrogens with zero attached hydrogens (tertiary/aromatic N) is 1. The zero-order chi connectivity index (χ0) is 19.5. The molecule has 1 N–H and O–H groups in total. The minimum absolute atomic E-state index is 0.0711. The molecule has 6 nitrogen and oxygen atoms in total. The predicted octanol–water partition coefficient (Wildman–Crippen LogP) is 1.82. The number of rotatable bonds is 7. The van der Waals surface area contributed by atoms with E-state index < -0.39 is 19.9 Å². The summed E-state index contributed by atoms with van der Waals surface area (Å²) in [7, 11) is -6.98. The molecule has 0 bridgehead atoms. The first-order valence-electron chi connectivity index (χ1n) is 8.85. The molecule has 0 spiro atoms. The van der Waals surface area contributed by atoms with Crippen LogP contribution in [0, 0.1) is 0 Å². The van der Waals surface area contributed by atoms with E-state index in [1.807, 2.05) is 6.07 Å². The first-order chi connectivity index (χ1) is 12.8. The van der Waals surface area contributed by atoms with Crippen molar-refractivity contribution in [2.75, 3.05) is 25.9 Å². The third kappa shape index (κ3) is 5.16. The second kappa shape index (κ2) is 8.10. The molecule has 0 aliphatic carbocycles. The van der Waals surface area contributed by atoms with E-state index in [1.54, 1.807) is 0 Å². The fourth-order valence-corrected chi connectivity index (χ4v) is 4.91. The Morgan fingerprint density at radius 3 is 2.22 bits per heavy atom. The van der Waals surface area contributed by atoms with Crippen molar-refractivity contribution < 1.29 is 16.8 Å². The number of sulfonamides is 1. The Kier molecular flexibility index (Phi) is 6.00. The highest BCUT2D eigenvalue weighted by atomic mass is 32.2. The fourth-order valence-electron chi connectivity index (χ4n) is 3.20. The Balaban J connectivity index is 1.50. The lowest BCUT2D eigenvalue weighted by Gasteiger charge is -2.28. The largest absolute Gasteiger partial charge is 0.299 e. The van der Waals surface area contributed by atoms with Gasteiger partial charge in [-0.2, -0.15) is 0 Å². The van der Waals surface area contributed by atoms with E-state index in [9.17, 15) is 16.8 Å². The summed E-state index contributed by atoms with van der Waals surface area (Å²) in [5, 5.41) is 0. The Morgan fingerprint density at radius 2 is 1.56 bits per heavy atom. The van der Waals surface area contributed by atoms with Crippen LogP contribution >= 0.6 is 0 Å². The summed E-state index contributed by atoms with van der Waals surface area (Å²) in [5.41, 5.74) is 2.74. The maximum Gasteiger partial charge on any atom is 0.240 e. The number of sulfone groups is 1. The van der Waals surface area contributed by atoms with Crippen molar-refractivity contribution >= 4 is 19.9 Å². The molecule has 0 fully saturated rings. The highest BCUT2D eigenvalue weighted by molar-refractivity contribution is 7.90. The smallest absolute Gasteiger partial charge is 0.240 e. The summed E-state index contributed by atoms with van der Waals surface area (Å²) >= 11 is 0. The van der Waals surface area contributed by atoms with Crippen LogP contribution in [0.25, 0.3) is 0 Å². The van der Waals surface area contributed by atoms with E-state index in [1.165, 1.54) is 35.4 Å². The molecule has 1 aliphatic heterocycles. The Bertz CT molecular complexity index is 1000. The van der Waals surface area contributed by atoms with Crippen molar-refractivity contribution in [2.24, 2.45) is 0 Å². The van der Waals surface area contributed by atoms with Crippen LogP contribution in [0.15, 0.2) is 58.3 Å². The van der Waals surface area contributed by atoms with Crippen LogP contribution in [-0.4, -0.2) is 47.6 Å². The first kappa shape index (κ1) is 20.0. The summed E-state index contributed by atoms with van der Waals surface area (Å²) < 4.78 is 50.2. The van der Waals surface area contributed by atoms with Gasteiger partial charge in [-0.1, -0.05) is 24.3 Å². The van der Waals surface area contributed by atoms with E-state index in [0.29, 0.717) is 13.0 Å². The lowest BCUT2D eigenvalue weighted by Crippen LogP contribution is -2.33. The van der Waals surface area contributed by atoms with Crippen molar-refractivity contribution in [1.82, 2.24) is 9.62 Å². The second-order valence-electron chi connectivity index (χ2n) is 6.79. The van der Waals surface area contributed by atoms with Crippen LogP contribution in [0.1, 0.15) is 17.5 Å². The van der Waals surface area contributed by atoms with Crippen LogP contribution in [-0.2, 0) is 32.8 Å². The van der Waals surface area contributed by atoms with Gasteiger partial charge in [0, 0.05) is 25.9 Å². The summed E-state index contributed by atoms with van der Waals surface area (Å²) in [6.45, 7) is 3.05. The minimum Gasteiger partial charge on any atom is -0.299 e. The molecule has 0 atom stereocenters. The van der Waals surface area contributed by atoms with Gasteiger partial charge in [0.25, 0.3) is 0 Å². The van der Waals surface area contributed by atoms with Crippen LogP contribution in [0.3, 0.4) is 0 Å². The minimum atomic E-state index is -3.64. The third-order valence-electron chi connectivity index (χ3n) is 4.72. The Hall–Kier alpha value is -1.74. The van der Waals surface area contributed by atoms with Gasteiger partial charge in [0.05, 0.1) is 9.79 Å². The first-order valence-corrected chi connectivity index (χ1v) is 12.2. The lowest BCUT2D eigenvalue weighted by atomic mass is 10.00. The maximum atomic E-state index is 12.3. The summed E-state index contributed by atoms with van der Waals surface area (Å²) in [6.07, 6.45) is 2.82. The number of nitrogens with one attached hydrogen (secondary N) is 1. The predicted molar refractivity (Wildman–Crippen MR) is 105 cm³/mol. The number of fused-ring (bicyclic) bond motifs is 1. The van der Waals surface area contributed by atoms with Gasteiger partial charge < -0.3 is 0 Å². The molecule has 0 saturated heterocycles. The van der Waals surface area contributed by atoms with Crippen molar-refractivity contribution in [3.8, 4) is 0 Å².